The van der Waals surface area contributed by atoms with Crippen molar-refractivity contribution in [2.24, 2.45) is 0 Å². The number of fused-ring (bicyclic) bond motifs is 1. The Morgan fingerprint density at radius 2 is 1.80 bits per heavy atom. The molecule has 8 heteroatoms. The summed E-state index contributed by atoms with van der Waals surface area (Å²) in [6.45, 7) is 2.51. The maximum atomic E-state index is 12.2. The molecule has 0 bridgehead atoms. The van der Waals surface area contributed by atoms with Crippen molar-refractivity contribution < 1.29 is 4.79 Å². The number of para-hydroxylation sites is 1. The molecule has 182 valence electrons. The van der Waals surface area contributed by atoms with Gasteiger partial charge < -0.3 is 20.9 Å². The molecule has 3 N–H and O–H groups in total. The highest BCUT2D eigenvalue weighted by atomic mass is 35.5. The van der Waals surface area contributed by atoms with E-state index in [1.165, 1.54) is 49.9 Å². The van der Waals surface area contributed by atoms with E-state index in [-0.39, 0.29) is 5.91 Å². The number of carbonyl (C=O) groups is 1. The fourth-order valence-electron chi connectivity index (χ4n) is 5.14. The average molecular weight is 491 g/mol. The van der Waals surface area contributed by atoms with Crippen molar-refractivity contribution in [3.63, 3.8) is 0 Å². The van der Waals surface area contributed by atoms with Crippen LogP contribution in [0.15, 0.2) is 48.7 Å². The van der Waals surface area contributed by atoms with Gasteiger partial charge in [0.1, 0.15) is 5.02 Å². The van der Waals surface area contributed by atoms with Crippen molar-refractivity contribution in [3.8, 4) is 0 Å². The summed E-state index contributed by atoms with van der Waals surface area (Å²) < 4.78 is 0. The van der Waals surface area contributed by atoms with E-state index in [4.69, 9.17) is 11.6 Å². The number of aryl methyl sites for hydroxylation is 2. The Kier molecular flexibility index (Phi) is 7.16. The second kappa shape index (κ2) is 10.6. The molecule has 1 aromatic heterocycles. The molecule has 3 aromatic rings. The number of hydrogen-bond acceptors (Lipinski definition) is 6. The third-order valence-electron chi connectivity index (χ3n) is 7.01. The minimum absolute atomic E-state index is 0.187. The van der Waals surface area contributed by atoms with Gasteiger partial charge in [-0.1, -0.05) is 29.8 Å². The number of halogens is 1. The van der Waals surface area contributed by atoms with Gasteiger partial charge in [0.2, 0.25) is 5.95 Å². The molecule has 7 nitrogen and oxygen atoms in total. The predicted octanol–water partition coefficient (Wildman–Crippen LogP) is 5.32. The number of hydrogen-bond donors (Lipinski definition) is 3. The second-order valence-corrected chi connectivity index (χ2v) is 9.63. The van der Waals surface area contributed by atoms with Crippen molar-refractivity contribution in [1.29, 1.82) is 0 Å². The maximum absolute atomic E-state index is 12.2. The lowest BCUT2D eigenvalue weighted by atomic mass is 10.0. The number of amides is 1. The van der Waals surface area contributed by atoms with Crippen molar-refractivity contribution in [2.45, 2.75) is 44.6 Å². The Morgan fingerprint density at radius 1 is 1.03 bits per heavy atom. The highest BCUT2D eigenvalue weighted by Gasteiger charge is 2.24. The van der Waals surface area contributed by atoms with Gasteiger partial charge in [0, 0.05) is 18.8 Å². The zero-order valence-electron chi connectivity index (χ0n) is 20.0. The average Bonchev–Trinajstić information content (AvgIpc) is 3.33. The van der Waals surface area contributed by atoms with Gasteiger partial charge in [0.25, 0.3) is 5.91 Å². The first-order valence-electron chi connectivity index (χ1n) is 12.3. The van der Waals surface area contributed by atoms with Crippen LogP contribution in [0.4, 0.5) is 23.1 Å². The topological polar surface area (TPSA) is 82.2 Å². The van der Waals surface area contributed by atoms with Crippen LogP contribution >= 0.6 is 11.6 Å². The molecular weight excluding hydrogens is 460 g/mol. The molecule has 35 heavy (non-hydrogen) atoms. The molecule has 2 aromatic carbocycles. The monoisotopic (exact) mass is 490 g/mol. The highest BCUT2D eigenvalue weighted by molar-refractivity contribution is 6.33. The quantitative estimate of drug-likeness (QED) is 0.406. The predicted molar refractivity (Wildman–Crippen MR) is 141 cm³/mol. The molecule has 0 radical (unpaired) electrons. The van der Waals surface area contributed by atoms with Crippen molar-refractivity contribution in [1.82, 2.24) is 20.2 Å². The normalized spacial score (nSPS) is 17.9. The van der Waals surface area contributed by atoms with E-state index >= 15 is 0 Å². The van der Waals surface area contributed by atoms with Gasteiger partial charge in [-0.3, -0.25) is 4.79 Å². The van der Waals surface area contributed by atoms with Gasteiger partial charge in [-0.2, -0.15) is 4.98 Å². The van der Waals surface area contributed by atoms with Crippen molar-refractivity contribution in [3.05, 3.63) is 70.4 Å². The molecular formula is C27H31ClN6O. The Balaban J connectivity index is 1.31. The molecule has 1 atom stereocenters. The second-order valence-electron chi connectivity index (χ2n) is 9.22. The molecule has 1 aliphatic carbocycles. The number of benzene rings is 2. The van der Waals surface area contributed by atoms with E-state index in [1.54, 1.807) is 19.3 Å². The number of rotatable bonds is 6. The Morgan fingerprint density at radius 3 is 2.60 bits per heavy atom. The van der Waals surface area contributed by atoms with E-state index < -0.39 is 0 Å². The van der Waals surface area contributed by atoms with Crippen molar-refractivity contribution in [2.75, 3.05) is 30.8 Å². The van der Waals surface area contributed by atoms with Gasteiger partial charge in [-0.25, -0.2) is 4.98 Å². The summed E-state index contributed by atoms with van der Waals surface area (Å²) in [5, 5.41) is 9.54. The zero-order valence-corrected chi connectivity index (χ0v) is 20.7. The Labute approximate surface area is 211 Å². The van der Waals surface area contributed by atoms with E-state index in [2.05, 4.69) is 49.0 Å². The fourth-order valence-corrected chi connectivity index (χ4v) is 5.28. The van der Waals surface area contributed by atoms with E-state index in [9.17, 15) is 4.79 Å². The summed E-state index contributed by atoms with van der Waals surface area (Å²) >= 11 is 6.38. The lowest BCUT2D eigenvalue weighted by molar-refractivity contribution is 0.0964. The van der Waals surface area contributed by atoms with Gasteiger partial charge >= 0.3 is 0 Å². The van der Waals surface area contributed by atoms with Crippen LogP contribution in [0.3, 0.4) is 0 Å². The summed E-state index contributed by atoms with van der Waals surface area (Å²) in [6.07, 6.45) is 8.93. The first-order valence-corrected chi connectivity index (χ1v) is 12.7. The van der Waals surface area contributed by atoms with Crippen LogP contribution in [0, 0.1) is 0 Å². The lowest BCUT2D eigenvalue weighted by Crippen LogP contribution is -2.32. The minimum Gasteiger partial charge on any atom is -0.355 e. The fraction of sp³-hybridized carbons (Fsp3) is 0.370. The number of likely N-dealkylation sites (tertiary alicyclic amines) is 1. The van der Waals surface area contributed by atoms with Crippen LogP contribution in [0.25, 0.3) is 0 Å². The SMILES string of the molecule is CNC(=O)c1ccccc1Nc1nc(Nc2ccc3c(c2)CC[C@@H](N2CCCC2)CC3)ncc1Cl. The number of nitrogens with zero attached hydrogens (tertiary/aromatic N) is 3. The molecule has 2 aliphatic rings. The number of carbonyl (C=O) groups excluding carboxylic acids is 1. The zero-order chi connectivity index (χ0) is 24.2. The van der Waals surface area contributed by atoms with E-state index in [1.807, 2.05) is 18.2 Å². The highest BCUT2D eigenvalue weighted by Crippen LogP contribution is 2.30. The Hall–Kier alpha value is -3.16. The van der Waals surface area contributed by atoms with Crippen LogP contribution in [0.5, 0.6) is 0 Å². The number of aromatic nitrogens is 2. The van der Waals surface area contributed by atoms with Crippen molar-refractivity contribution >= 4 is 40.6 Å². The molecule has 0 unspecified atom stereocenters. The smallest absolute Gasteiger partial charge is 0.253 e. The van der Waals surface area contributed by atoms with Gasteiger partial charge in [-0.15, -0.1) is 0 Å². The number of anilines is 4. The van der Waals surface area contributed by atoms with Crippen LogP contribution in [-0.4, -0.2) is 47.0 Å². The first kappa shape index (κ1) is 23.6. The third-order valence-corrected chi connectivity index (χ3v) is 7.29. The summed E-state index contributed by atoms with van der Waals surface area (Å²) in [7, 11) is 1.60. The summed E-state index contributed by atoms with van der Waals surface area (Å²) in [4.78, 5) is 23.9. The first-order chi connectivity index (χ1) is 17.1. The van der Waals surface area contributed by atoms with Crippen LogP contribution in [-0.2, 0) is 12.8 Å². The van der Waals surface area contributed by atoms with Gasteiger partial charge in [-0.05, 0) is 87.0 Å². The molecule has 1 aliphatic heterocycles. The lowest BCUT2D eigenvalue weighted by Gasteiger charge is -2.25. The number of nitrogens with one attached hydrogen (secondary N) is 3. The van der Waals surface area contributed by atoms with E-state index in [0.717, 1.165) is 18.5 Å². The van der Waals surface area contributed by atoms with Crippen LogP contribution in [0.2, 0.25) is 5.02 Å². The van der Waals surface area contributed by atoms with Gasteiger partial charge in [0.15, 0.2) is 5.82 Å². The molecule has 0 saturated carbocycles. The Bertz CT molecular complexity index is 1210. The molecule has 5 rings (SSSR count). The van der Waals surface area contributed by atoms with Crippen LogP contribution < -0.4 is 16.0 Å². The van der Waals surface area contributed by atoms with Crippen LogP contribution in [0.1, 0.15) is 47.2 Å². The largest absolute Gasteiger partial charge is 0.355 e. The molecule has 1 amide bonds. The molecule has 2 heterocycles. The maximum Gasteiger partial charge on any atom is 0.253 e. The third kappa shape index (κ3) is 5.41. The standard InChI is InChI=1S/C27H31ClN6O/c1-29-26(35)22-6-2-3-7-24(22)32-25-23(28)17-30-27(33-25)31-20-11-8-18-9-12-21(13-10-19(18)16-20)34-14-4-5-15-34/h2-3,6-8,11,16-17,21H,4-5,9-10,12-15H2,1H3,(H,29,35)(H2,30,31,32,33)/t21-/m0/s1. The summed E-state index contributed by atoms with van der Waals surface area (Å²) in [5.41, 5.74) is 4.95. The van der Waals surface area contributed by atoms with Gasteiger partial charge in [0.05, 0.1) is 17.4 Å². The summed E-state index contributed by atoms with van der Waals surface area (Å²) in [6, 6.07) is 14.5. The summed E-state index contributed by atoms with van der Waals surface area (Å²) in [5.74, 6) is 0.690. The minimum atomic E-state index is -0.187. The molecule has 1 fully saturated rings. The molecule has 0 spiro atoms. The van der Waals surface area contributed by atoms with E-state index in [0.29, 0.717) is 34.1 Å². The molecule has 1 saturated heterocycles.